The summed E-state index contributed by atoms with van der Waals surface area (Å²) in [6.45, 7) is 1.34. The van der Waals surface area contributed by atoms with Crippen LogP contribution in [0.25, 0.3) is 0 Å². The van der Waals surface area contributed by atoms with Gasteiger partial charge in [-0.15, -0.1) is 0 Å². The van der Waals surface area contributed by atoms with E-state index in [1.54, 1.807) is 11.8 Å². The van der Waals surface area contributed by atoms with Crippen LogP contribution in [-0.2, 0) is 14.4 Å². The van der Waals surface area contributed by atoms with Crippen molar-refractivity contribution in [3.05, 3.63) is 0 Å². The third-order valence-electron chi connectivity index (χ3n) is 2.53. The first kappa shape index (κ1) is 19.1. The molecule has 0 aromatic rings. The molecule has 0 heterocycles. The van der Waals surface area contributed by atoms with Gasteiger partial charge < -0.3 is 15.7 Å². The topological polar surface area (TPSA) is 95.5 Å². The first-order chi connectivity index (χ1) is 9.42. The van der Waals surface area contributed by atoms with Gasteiger partial charge in [0, 0.05) is 6.92 Å². The van der Waals surface area contributed by atoms with Crippen LogP contribution in [0.2, 0.25) is 0 Å². The van der Waals surface area contributed by atoms with Crippen molar-refractivity contribution >= 4 is 41.3 Å². The molecule has 0 aliphatic rings. The highest BCUT2D eigenvalue weighted by molar-refractivity contribution is 7.98. The maximum atomic E-state index is 12.1. The van der Waals surface area contributed by atoms with E-state index >= 15 is 0 Å². The molecule has 0 radical (unpaired) electrons. The van der Waals surface area contributed by atoms with Crippen LogP contribution in [0.15, 0.2) is 0 Å². The highest BCUT2D eigenvalue weighted by Gasteiger charge is 2.25. The largest absolute Gasteiger partial charge is 0.480 e. The number of aliphatic carboxylic acids is 1. The summed E-state index contributed by atoms with van der Waals surface area (Å²) in [6, 6.07) is -1.60. The second-order valence-corrected chi connectivity index (χ2v) is 6.19. The summed E-state index contributed by atoms with van der Waals surface area (Å²) < 4.78 is 0. The number of thioether (sulfide) groups is 2. The molecule has 0 aromatic heterocycles. The zero-order valence-corrected chi connectivity index (χ0v) is 13.6. The van der Waals surface area contributed by atoms with E-state index in [1.807, 2.05) is 12.5 Å². The molecule has 2 amide bonds. The number of carboxylic acids is 1. The van der Waals surface area contributed by atoms with Crippen LogP contribution in [0.1, 0.15) is 19.8 Å². The quantitative estimate of drug-likeness (QED) is 0.544. The highest BCUT2D eigenvalue weighted by atomic mass is 32.2. The van der Waals surface area contributed by atoms with Gasteiger partial charge in [-0.05, 0) is 36.9 Å². The average molecular weight is 322 g/mol. The fraction of sp³-hybridized carbons (Fsp3) is 0.750. The molecule has 0 bridgehead atoms. The fourth-order valence-corrected chi connectivity index (χ4v) is 2.46. The normalized spacial score (nSPS) is 13.3. The van der Waals surface area contributed by atoms with Gasteiger partial charge in [0.15, 0.2) is 0 Å². The number of carbonyl (C=O) groups excluding carboxylic acids is 2. The second kappa shape index (κ2) is 10.8. The summed E-state index contributed by atoms with van der Waals surface area (Å²) in [6.07, 6.45) is 4.61. The first-order valence-corrected chi connectivity index (χ1v) is 8.99. The minimum atomic E-state index is -1.06. The Balaban J connectivity index is 4.59. The maximum Gasteiger partial charge on any atom is 0.326 e. The highest BCUT2D eigenvalue weighted by Crippen LogP contribution is 2.04. The van der Waals surface area contributed by atoms with Crippen molar-refractivity contribution < 1.29 is 19.5 Å². The van der Waals surface area contributed by atoms with Crippen LogP contribution in [-0.4, -0.2) is 59.0 Å². The van der Waals surface area contributed by atoms with Crippen molar-refractivity contribution in [3.8, 4) is 0 Å². The van der Waals surface area contributed by atoms with E-state index < -0.39 is 24.0 Å². The van der Waals surface area contributed by atoms with Crippen molar-refractivity contribution in [1.82, 2.24) is 10.6 Å². The van der Waals surface area contributed by atoms with E-state index in [4.69, 9.17) is 5.11 Å². The van der Waals surface area contributed by atoms with Crippen LogP contribution < -0.4 is 10.6 Å². The Labute approximate surface area is 127 Å². The standard InChI is InChI=1S/C12H22N2O4S2/c1-8(15)13-9(4-6-19-2)11(16)14-10(12(17)18)5-7-20-3/h9-10H,4-7H2,1-3H3,(H,13,15)(H,14,16)(H,17,18). The summed E-state index contributed by atoms with van der Waals surface area (Å²) >= 11 is 3.08. The molecule has 0 aliphatic carbocycles. The predicted molar refractivity (Wildman–Crippen MR) is 83.2 cm³/mol. The number of carbonyl (C=O) groups is 3. The van der Waals surface area contributed by atoms with Crippen molar-refractivity contribution in [2.75, 3.05) is 24.0 Å². The lowest BCUT2D eigenvalue weighted by atomic mass is 10.1. The molecular formula is C12H22N2O4S2. The second-order valence-electron chi connectivity index (χ2n) is 4.22. The Bertz CT molecular complexity index is 339. The molecule has 6 nitrogen and oxygen atoms in total. The average Bonchev–Trinajstić information content (AvgIpc) is 2.38. The number of nitrogens with one attached hydrogen (secondary N) is 2. The minimum absolute atomic E-state index is 0.303. The summed E-state index contributed by atoms with van der Waals surface area (Å²) in [5.41, 5.74) is 0. The third-order valence-corrected chi connectivity index (χ3v) is 3.82. The lowest BCUT2D eigenvalue weighted by Gasteiger charge is -2.20. The van der Waals surface area contributed by atoms with E-state index in [-0.39, 0.29) is 5.91 Å². The van der Waals surface area contributed by atoms with E-state index in [9.17, 15) is 14.4 Å². The van der Waals surface area contributed by atoms with Crippen molar-refractivity contribution in [2.45, 2.75) is 31.8 Å². The molecule has 20 heavy (non-hydrogen) atoms. The lowest BCUT2D eigenvalue weighted by Crippen LogP contribution is -2.51. The van der Waals surface area contributed by atoms with Crippen LogP contribution in [0.4, 0.5) is 0 Å². The summed E-state index contributed by atoms with van der Waals surface area (Å²) in [5.74, 6) is -0.447. The molecule has 0 spiro atoms. The minimum Gasteiger partial charge on any atom is -0.480 e. The molecule has 0 rings (SSSR count). The predicted octanol–water partition coefficient (Wildman–Crippen LogP) is 0.567. The Hall–Kier alpha value is -0.890. The molecular weight excluding hydrogens is 300 g/mol. The van der Waals surface area contributed by atoms with E-state index in [1.165, 1.54) is 18.7 Å². The molecule has 0 saturated carbocycles. The Morgan fingerprint density at radius 1 is 1.00 bits per heavy atom. The number of hydrogen-bond acceptors (Lipinski definition) is 5. The van der Waals surface area contributed by atoms with E-state index in [2.05, 4.69) is 10.6 Å². The molecule has 116 valence electrons. The molecule has 2 unspecified atom stereocenters. The zero-order valence-electron chi connectivity index (χ0n) is 12.0. The van der Waals surface area contributed by atoms with Crippen LogP contribution in [0.3, 0.4) is 0 Å². The summed E-state index contributed by atoms with van der Waals surface area (Å²) in [5, 5.41) is 14.1. The summed E-state index contributed by atoms with van der Waals surface area (Å²) in [4.78, 5) is 34.2. The monoisotopic (exact) mass is 322 g/mol. The Kier molecular flexibility index (Phi) is 10.4. The molecule has 0 saturated heterocycles. The summed E-state index contributed by atoms with van der Waals surface area (Å²) in [7, 11) is 0. The van der Waals surface area contributed by atoms with Gasteiger partial charge in [0.05, 0.1) is 0 Å². The Morgan fingerprint density at radius 2 is 1.50 bits per heavy atom. The molecule has 8 heteroatoms. The van der Waals surface area contributed by atoms with Gasteiger partial charge in [-0.2, -0.15) is 23.5 Å². The lowest BCUT2D eigenvalue weighted by molar-refractivity contribution is -0.142. The van der Waals surface area contributed by atoms with Gasteiger partial charge in [0.25, 0.3) is 0 Å². The zero-order chi connectivity index (χ0) is 15.5. The van der Waals surface area contributed by atoms with Gasteiger partial charge in [0.2, 0.25) is 11.8 Å². The number of carboxylic acid groups (broad SMARTS) is 1. The molecule has 3 N–H and O–H groups in total. The molecule has 0 aromatic carbocycles. The third kappa shape index (κ3) is 8.31. The smallest absolute Gasteiger partial charge is 0.326 e. The van der Waals surface area contributed by atoms with Gasteiger partial charge in [-0.25, -0.2) is 4.79 Å². The van der Waals surface area contributed by atoms with Crippen molar-refractivity contribution in [3.63, 3.8) is 0 Å². The number of hydrogen-bond donors (Lipinski definition) is 3. The molecule has 0 fully saturated rings. The fourth-order valence-electron chi connectivity index (χ4n) is 1.52. The van der Waals surface area contributed by atoms with Crippen LogP contribution >= 0.6 is 23.5 Å². The van der Waals surface area contributed by atoms with Gasteiger partial charge in [0.1, 0.15) is 12.1 Å². The molecule has 2 atom stereocenters. The van der Waals surface area contributed by atoms with Crippen LogP contribution in [0.5, 0.6) is 0 Å². The van der Waals surface area contributed by atoms with Crippen LogP contribution in [0, 0.1) is 0 Å². The SMILES string of the molecule is CSCCC(NC(=O)C(CCSC)NC(C)=O)C(=O)O. The van der Waals surface area contributed by atoms with E-state index in [0.29, 0.717) is 24.3 Å². The van der Waals surface area contributed by atoms with E-state index in [0.717, 1.165) is 0 Å². The first-order valence-electron chi connectivity index (χ1n) is 6.20. The van der Waals surface area contributed by atoms with Gasteiger partial charge >= 0.3 is 5.97 Å². The van der Waals surface area contributed by atoms with Gasteiger partial charge in [-0.1, -0.05) is 0 Å². The Morgan fingerprint density at radius 3 is 1.90 bits per heavy atom. The molecule has 0 aliphatic heterocycles. The maximum absolute atomic E-state index is 12.1. The van der Waals surface area contributed by atoms with Crippen molar-refractivity contribution in [2.24, 2.45) is 0 Å². The number of amides is 2. The van der Waals surface area contributed by atoms with Crippen molar-refractivity contribution in [1.29, 1.82) is 0 Å². The van der Waals surface area contributed by atoms with Gasteiger partial charge in [-0.3, -0.25) is 9.59 Å². The number of rotatable bonds is 10.